The second-order valence-electron chi connectivity index (χ2n) is 9.81. The molecule has 1 amide bonds. The van der Waals surface area contributed by atoms with Gasteiger partial charge in [-0.2, -0.15) is 15.0 Å². The zero-order valence-electron chi connectivity index (χ0n) is 22.8. The zero-order valence-corrected chi connectivity index (χ0v) is 24.3. The molecule has 0 radical (unpaired) electrons. The number of anilines is 2. The van der Waals surface area contributed by atoms with Gasteiger partial charge in [-0.25, -0.2) is 4.79 Å². The number of unbranched alkanes of at least 4 members (excludes halogenated alkanes) is 1. The maximum Gasteiger partial charge on any atom is 0.407 e. The molecule has 1 heterocycles. The van der Waals surface area contributed by atoms with Crippen LogP contribution >= 0.6 is 23.4 Å². The smallest absolute Gasteiger partial charge is 0.407 e. The van der Waals surface area contributed by atoms with Crippen LogP contribution in [0.4, 0.5) is 22.4 Å². The van der Waals surface area contributed by atoms with Gasteiger partial charge in [-0.1, -0.05) is 53.7 Å². The van der Waals surface area contributed by atoms with Crippen LogP contribution in [0.5, 0.6) is 0 Å². The minimum absolute atomic E-state index is 0.146. The number of carbonyl (C=O) groups excluding carboxylic acids is 1. The van der Waals surface area contributed by atoms with E-state index in [0.717, 1.165) is 24.0 Å². The molecule has 11 nitrogen and oxygen atoms in total. The van der Waals surface area contributed by atoms with E-state index < -0.39 is 11.7 Å². The molecule has 0 unspecified atom stereocenters. The maximum atomic E-state index is 11.9. The molecule has 0 aliphatic heterocycles. The Hall–Kier alpha value is -3.64. The van der Waals surface area contributed by atoms with Crippen LogP contribution in [0.25, 0.3) is 0 Å². The Labute approximate surface area is 243 Å². The number of thioether (sulfide) groups is 1. The highest BCUT2D eigenvalue weighted by molar-refractivity contribution is 7.98. The van der Waals surface area contributed by atoms with Crippen molar-refractivity contribution >= 4 is 47.0 Å². The predicted molar refractivity (Wildman–Crippen MR) is 158 cm³/mol. The Bertz CT molecular complexity index is 1270. The van der Waals surface area contributed by atoms with E-state index in [-0.39, 0.29) is 10.6 Å². The third-order valence-corrected chi connectivity index (χ3v) is 6.49. The molecule has 214 valence electrons. The number of nitro benzene ring substituents is 1. The van der Waals surface area contributed by atoms with Crippen molar-refractivity contribution in [2.75, 3.05) is 30.3 Å². The van der Waals surface area contributed by atoms with Gasteiger partial charge in [0.2, 0.25) is 11.9 Å². The van der Waals surface area contributed by atoms with Gasteiger partial charge >= 0.3 is 6.09 Å². The van der Waals surface area contributed by atoms with Crippen LogP contribution in [0.2, 0.25) is 5.02 Å². The van der Waals surface area contributed by atoms with Crippen LogP contribution in [0.15, 0.2) is 53.7 Å². The van der Waals surface area contributed by atoms with E-state index in [4.69, 9.17) is 16.3 Å². The molecule has 0 saturated heterocycles. The maximum absolute atomic E-state index is 11.9. The number of aryl methyl sites for hydroxylation is 1. The van der Waals surface area contributed by atoms with E-state index in [0.29, 0.717) is 53.9 Å². The Kier molecular flexibility index (Phi) is 11.8. The van der Waals surface area contributed by atoms with Crippen LogP contribution in [-0.2, 0) is 16.9 Å². The molecule has 3 rings (SSSR count). The summed E-state index contributed by atoms with van der Waals surface area (Å²) in [6.45, 7) is 6.71. The highest BCUT2D eigenvalue weighted by atomic mass is 35.5. The first-order valence-corrected chi connectivity index (χ1v) is 14.3. The van der Waals surface area contributed by atoms with Crippen LogP contribution in [-0.4, -0.2) is 51.2 Å². The Morgan fingerprint density at radius 1 is 0.975 bits per heavy atom. The number of rotatable bonds is 14. The Morgan fingerprint density at radius 2 is 1.65 bits per heavy atom. The molecule has 0 aliphatic rings. The molecule has 3 aromatic rings. The topological polar surface area (TPSA) is 144 Å². The fraction of sp³-hybridized carbons (Fsp3) is 0.407. The average molecular weight is 588 g/mol. The lowest BCUT2D eigenvalue weighted by Gasteiger charge is -2.19. The molecule has 3 N–H and O–H groups in total. The number of halogens is 1. The number of benzene rings is 2. The molecule has 0 saturated carbocycles. The summed E-state index contributed by atoms with van der Waals surface area (Å²) in [5.41, 5.74) is 1.38. The van der Waals surface area contributed by atoms with Gasteiger partial charge < -0.3 is 20.7 Å². The summed E-state index contributed by atoms with van der Waals surface area (Å²) >= 11 is 7.45. The lowest BCUT2D eigenvalue weighted by molar-refractivity contribution is -0.385. The number of hydrogen-bond acceptors (Lipinski definition) is 10. The molecule has 0 bridgehead atoms. The number of alkyl carbamates (subject to hydrolysis) is 1. The van der Waals surface area contributed by atoms with Gasteiger partial charge in [0.1, 0.15) is 5.60 Å². The lowest BCUT2D eigenvalue weighted by Crippen LogP contribution is -2.35. The lowest BCUT2D eigenvalue weighted by atomic mass is 10.1. The van der Waals surface area contributed by atoms with Gasteiger partial charge in [-0.05, 0) is 57.7 Å². The molecule has 1 aromatic heterocycles. The average Bonchev–Trinajstić information content (AvgIpc) is 2.90. The van der Waals surface area contributed by atoms with Crippen molar-refractivity contribution in [3.63, 3.8) is 0 Å². The number of aromatic nitrogens is 3. The second-order valence-corrected chi connectivity index (χ2v) is 11.2. The zero-order chi connectivity index (χ0) is 29.0. The predicted octanol–water partition coefficient (Wildman–Crippen LogP) is 6.10. The van der Waals surface area contributed by atoms with Gasteiger partial charge in [-0.3, -0.25) is 10.1 Å². The summed E-state index contributed by atoms with van der Waals surface area (Å²) < 4.78 is 5.25. The minimum atomic E-state index is -0.571. The van der Waals surface area contributed by atoms with E-state index in [1.165, 1.54) is 17.8 Å². The van der Waals surface area contributed by atoms with Crippen molar-refractivity contribution in [1.29, 1.82) is 0 Å². The van der Waals surface area contributed by atoms with Gasteiger partial charge in [0.25, 0.3) is 5.69 Å². The number of nitrogens with zero attached hydrogens (tertiary/aromatic N) is 4. The molecule has 2 aromatic carbocycles. The molecule has 0 spiro atoms. The van der Waals surface area contributed by atoms with Crippen LogP contribution < -0.4 is 16.0 Å². The largest absolute Gasteiger partial charge is 0.444 e. The van der Waals surface area contributed by atoms with Crippen molar-refractivity contribution in [2.45, 2.75) is 56.5 Å². The molecule has 0 atom stereocenters. The van der Waals surface area contributed by atoms with Gasteiger partial charge in [-0.15, -0.1) is 0 Å². The fourth-order valence-electron chi connectivity index (χ4n) is 3.50. The monoisotopic (exact) mass is 587 g/mol. The van der Waals surface area contributed by atoms with Crippen LogP contribution in [0.1, 0.15) is 44.7 Å². The third-order valence-electron chi connectivity index (χ3n) is 5.32. The third kappa shape index (κ3) is 11.2. The summed E-state index contributed by atoms with van der Waals surface area (Å²) in [4.78, 5) is 36.3. The first-order chi connectivity index (χ1) is 19.1. The summed E-state index contributed by atoms with van der Waals surface area (Å²) in [6, 6.07) is 14.4. The van der Waals surface area contributed by atoms with Gasteiger partial charge in [0.05, 0.1) is 4.92 Å². The van der Waals surface area contributed by atoms with Gasteiger partial charge in [0, 0.05) is 42.0 Å². The van der Waals surface area contributed by atoms with E-state index in [2.05, 4.69) is 30.9 Å². The summed E-state index contributed by atoms with van der Waals surface area (Å²) in [6.07, 6.45) is 1.65. The first-order valence-electron chi connectivity index (χ1n) is 12.9. The number of carbonyl (C=O) groups is 1. The quantitative estimate of drug-likeness (QED) is 0.0875. The fourth-order valence-corrected chi connectivity index (χ4v) is 4.42. The number of nitro groups is 1. The highest BCUT2D eigenvalue weighted by Crippen LogP contribution is 2.23. The molecular weight excluding hydrogens is 554 g/mol. The number of ether oxygens (including phenoxy) is 1. The van der Waals surface area contributed by atoms with Crippen molar-refractivity contribution in [3.8, 4) is 0 Å². The Morgan fingerprint density at radius 3 is 2.33 bits per heavy atom. The summed E-state index contributed by atoms with van der Waals surface area (Å²) in [7, 11) is 0. The van der Waals surface area contributed by atoms with Crippen molar-refractivity contribution in [1.82, 2.24) is 20.3 Å². The van der Waals surface area contributed by atoms with Gasteiger partial charge in [0.15, 0.2) is 5.16 Å². The molecule has 0 fully saturated rings. The SMILES string of the molecule is CC(C)(C)OC(=O)NCCNc1nc(NCCCCc2ccccc2[N+](=O)[O-])nc(SCc2ccc(Cl)cc2)n1. The summed E-state index contributed by atoms with van der Waals surface area (Å²) in [5.74, 6) is 1.44. The van der Waals surface area contributed by atoms with E-state index in [1.54, 1.807) is 32.9 Å². The molecular formula is C27H34ClN7O4S. The van der Waals surface area contributed by atoms with E-state index >= 15 is 0 Å². The second kappa shape index (κ2) is 15.2. The summed E-state index contributed by atoms with van der Waals surface area (Å²) in [5, 5.41) is 21.5. The minimum Gasteiger partial charge on any atom is -0.444 e. The first kappa shape index (κ1) is 30.9. The van der Waals surface area contributed by atoms with Crippen molar-refractivity contribution in [3.05, 3.63) is 74.8 Å². The highest BCUT2D eigenvalue weighted by Gasteiger charge is 2.16. The van der Waals surface area contributed by atoms with Crippen LogP contribution in [0.3, 0.4) is 0 Å². The molecule has 13 heteroatoms. The molecule has 0 aliphatic carbocycles. The number of hydrogen-bond donors (Lipinski definition) is 3. The van der Waals surface area contributed by atoms with Crippen molar-refractivity contribution < 1.29 is 14.5 Å². The van der Waals surface area contributed by atoms with Crippen molar-refractivity contribution in [2.24, 2.45) is 0 Å². The number of nitrogens with one attached hydrogen (secondary N) is 3. The standard InChI is InChI=1S/C27H34ClN7O4S/c1-27(2,3)39-26(36)31-17-16-30-24-32-23(33-25(34-24)40-18-19-11-13-21(28)14-12-19)29-15-7-6-9-20-8-4-5-10-22(20)35(37)38/h4-5,8,10-14H,6-7,9,15-18H2,1-3H3,(H,31,36)(H2,29,30,32,33,34). The Balaban J connectivity index is 1.56. The van der Waals surface area contributed by atoms with E-state index in [9.17, 15) is 14.9 Å². The number of amides is 1. The van der Waals surface area contributed by atoms with Crippen LogP contribution in [0, 0.1) is 10.1 Å². The molecule has 40 heavy (non-hydrogen) atoms. The normalized spacial score (nSPS) is 11.1. The number of para-hydroxylation sites is 1. The van der Waals surface area contributed by atoms with E-state index in [1.807, 2.05) is 30.3 Å².